The molecule has 1 atom stereocenters. The van der Waals surface area contributed by atoms with Gasteiger partial charge in [0.15, 0.2) is 0 Å². The van der Waals surface area contributed by atoms with E-state index in [1.54, 1.807) is 0 Å². The second-order valence-electron chi connectivity index (χ2n) is 5.71. The monoisotopic (exact) mass is 243 g/mol. The van der Waals surface area contributed by atoms with E-state index in [0.29, 0.717) is 12.0 Å². The molecule has 1 fully saturated rings. The van der Waals surface area contributed by atoms with Crippen molar-refractivity contribution in [2.75, 3.05) is 19.8 Å². The zero-order chi connectivity index (χ0) is 12.9. The number of carbonyl (C=O) groups excluding carboxylic acids is 1. The van der Waals surface area contributed by atoms with Crippen LogP contribution in [-0.2, 0) is 14.3 Å². The molecule has 1 saturated heterocycles. The number of nitrogens with one attached hydrogen (secondary N) is 1. The molecule has 100 valence electrons. The molecule has 0 saturated carbocycles. The molecule has 1 aliphatic heterocycles. The summed E-state index contributed by atoms with van der Waals surface area (Å²) >= 11 is 0. The fourth-order valence-corrected chi connectivity index (χ4v) is 2.00. The average molecular weight is 243 g/mol. The van der Waals surface area contributed by atoms with E-state index < -0.39 is 5.60 Å². The van der Waals surface area contributed by atoms with Crippen LogP contribution in [0.15, 0.2) is 0 Å². The van der Waals surface area contributed by atoms with Crippen LogP contribution in [0.2, 0.25) is 0 Å². The number of rotatable bonds is 4. The molecule has 1 aliphatic rings. The van der Waals surface area contributed by atoms with Crippen LogP contribution in [0.25, 0.3) is 0 Å². The van der Waals surface area contributed by atoms with Crippen LogP contribution in [0.1, 0.15) is 40.5 Å². The van der Waals surface area contributed by atoms with Crippen molar-refractivity contribution in [3.05, 3.63) is 0 Å². The molecule has 0 radical (unpaired) electrons. The lowest BCUT2D eigenvalue weighted by atomic mass is 9.93. The van der Waals surface area contributed by atoms with E-state index in [2.05, 4.69) is 12.2 Å². The quantitative estimate of drug-likeness (QED) is 0.764. The lowest BCUT2D eigenvalue weighted by molar-refractivity contribution is -0.153. The average Bonchev–Trinajstić information content (AvgIpc) is 2.25. The summed E-state index contributed by atoms with van der Waals surface area (Å²) in [5.74, 6) is 0.419. The lowest BCUT2D eigenvalue weighted by Crippen LogP contribution is -2.41. The minimum absolute atomic E-state index is 0.184. The Bertz CT molecular complexity index is 242. The highest BCUT2D eigenvalue weighted by atomic mass is 16.6. The number of hydrogen-bond acceptors (Lipinski definition) is 4. The highest BCUT2D eigenvalue weighted by Gasteiger charge is 2.22. The van der Waals surface area contributed by atoms with Gasteiger partial charge >= 0.3 is 5.97 Å². The summed E-state index contributed by atoms with van der Waals surface area (Å²) in [6, 6.07) is 0.339. The first-order valence-corrected chi connectivity index (χ1v) is 6.41. The summed E-state index contributed by atoms with van der Waals surface area (Å²) < 4.78 is 10.6. The molecule has 0 spiro atoms. The molecule has 0 bridgehead atoms. The zero-order valence-corrected chi connectivity index (χ0v) is 11.4. The van der Waals surface area contributed by atoms with Crippen LogP contribution in [0, 0.1) is 5.92 Å². The van der Waals surface area contributed by atoms with Crippen LogP contribution in [0.4, 0.5) is 0 Å². The van der Waals surface area contributed by atoms with Crippen molar-refractivity contribution >= 4 is 5.97 Å². The zero-order valence-electron chi connectivity index (χ0n) is 11.4. The maximum absolute atomic E-state index is 11.5. The van der Waals surface area contributed by atoms with Gasteiger partial charge in [-0.2, -0.15) is 0 Å². The summed E-state index contributed by atoms with van der Waals surface area (Å²) in [6.45, 7) is 9.73. The molecule has 0 aromatic carbocycles. The third-order valence-corrected chi connectivity index (χ3v) is 2.96. The summed E-state index contributed by atoms with van der Waals surface area (Å²) in [4.78, 5) is 11.5. The first-order valence-electron chi connectivity index (χ1n) is 6.41. The molecule has 1 rings (SSSR count). The summed E-state index contributed by atoms with van der Waals surface area (Å²) in [6.07, 6.45) is 2.14. The van der Waals surface area contributed by atoms with Crippen LogP contribution in [0.5, 0.6) is 0 Å². The van der Waals surface area contributed by atoms with Crippen molar-refractivity contribution in [1.82, 2.24) is 5.32 Å². The summed E-state index contributed by atoms with van der Waals surface area (Å²) in [5, 5.41) is 3.24. The maximum atomic E-state index is 11.5. The van der Waals surface area contributed by atoms with Gasteiger partial charge in [-0.1, -0.05) is 0 Å². The molecule has 1 heterocycles. The van der Waals surface area contributed by atoms with E-state index in [1.807, 2.05) is 20.8 Å². The van der Waals surface area contributed by atoms with Crippen LogP contribution in [-0.4, -0.2) is 37.4 Å². The maximum Gasteiger partial charge on any atom is 0.320 e. The first-order chi connectivity index (χ1) is 7.88. The number of esters is 1. The van der Waals surface area contributed by atoms with Crippen LogP contribution in [0.3, 0.4) is 0 Å². The largest absolute Gasteiger partial charge is 0.459 e. The molecular weight excluding hydrogens is 218 g/mol. The van der Waals surface area contributed by atoms with Gasteiger partial charge in [0, 0.05) is 19.3 Å². The predicted octanol–water partition coefficient (Wildman–Crippen LogP) is 1.73. The van der Waals surface area contributed by atoms with Gasteiger partial charge < -0.3 is 14.8 Å². The lowest BCUT2D eigenvalue weighted by Gasteiger charge is -2.28. The van der Waals surface area contributed by atoms with E-state index in [9.17, 15) is 4.79 Å². The van der Waals surface area contributed by atoms with Crippen molar-refractivity contribution in [2.45, 2.75) is 52.2 Å². The summed E-state index contributed by atoms with van der Waals surface area (Å²) in [5.41, 5.74) is -0.402. The highest BCUT2D eigenvalue weighted by molar-refractivity contribution is 5.72. The van der Waals surface area contributed by atoms with Gasteiger partial charge in [0.2, 0.25) is 0 Å². The number of hydrogen-bond donors (Lipinski definition) is 1. The molecule has 4 nitrogen and oxygen atoms in total. The second-order valence-corrected chi connectivity index (χ2v) is 5.71. The Labute approximate surface area is 104 Å². The molecule has 4 heteroatoms. The van der Waals surface area contributed by atoms with E-state index in [0.717, 1.165) is 26.1 Å². The fourth-order valence-electron chi connectivity index (χ4n) is 2.00. The van der Waals surface area contributed by atoms with Crippen LogP contribution < -0.4 is 5.32 Å². The number of carbonyl (C=O) groups is 1. The number of ether oxygens (including phenoxy) is 2. The Morgan fingerprint density at radius 1 is 1.41 bits per heavy atom. The molecule has 0 aliphatic carbocycles. The standard InChI is InChI=1S/C13H25NO3/c1-10(11-5-7-16-8-6-11)14-9-12(15)17-13(2,3)4/h10-11,14H,5-9H2,1-4H3. The predicted molar refractivity (Wildman–Crippen MR) is 66.9 cm³/mol. The molecular formula is C13H25NO3. The molecule has 17 heavy (non-hydrogen) atoms. The SMILES string of the molecule is CC(NCC(=O)OC(C)(C)C)C1CCOCC1. The minimum atomic E-state index is -0.402. The van der Waals surface area contributed by atoms with Crippen LogP contribution >= 0.6 is 0 Å². The highest BCUT2D eigenvalue weighted by Crippen LogP contribution is 2.18. The molecule has 0 aromatic rings. The van der Waals surface area contributed by atoms with Gasteiger partial charge in [-0.05, 0) is 46.5 Å². The molecule has 1 N–H and O–H groups in total. The molecule has 0 aromatic heterocycles. The van der Waals surface area contributed by atoms with E-state index in [1.165, 1.54) is 0 Å². The first kappa shape index (κ1) is 14.5. The van der Waals surface area contributed by atoms with Crippen molar-refractivity contribution < 1.29 is 14.3 Å². The van der Waals surface area contributed by atoms with E-state index in [-0.39, 0.29) is 12.5 Å². The Morgan fingerprint density at radius 3 is 2.53 bits per heavy atom. The second kappa shape index (κ2) is 6.36. The Hall–Kier alpha value is -0.610. The molecule has 1 unspecified atom stereocenters. The van der Waals surface area contributed by atoms with Crippen molar-refractivity contribution in [1.29, 1.82) is 0 Å². The van der Waals surface area contributed by atoms with E-state index >= 15 is 0 Å². The van der Waals surface area contributed by atoms with Gasteiger partial charge in [0.25, 0.3) is 0 Å². The Kier molecular flexibility index (Phi) is 5.40. The van der Waals surface area contributed by atoms with Crippen molar-refractivity contribution in [3.63, 3.8) is 0 Å². The Balaban J connectivity index is 2.22. The molecule has 0 amide bonds. The third-order valence-electron chi connectivity index (χ3n) is 2.96. The van der Waals surface area contributed by atoms with Gasteiger partial charge in [0.05, 0.1) is 6.54 Å². The minimum Gasteiger partial charge on any atom is -0.459 e. The van der Waals surface area contributed by atoms with Gasteiger partial charge in [-0.3, -0.25) is 4.79 Å². The van der Waals surface area contributed by atoms with E-state index in [4.69, 9.17) is 9.47 Å². The van der Waals surface area contributed by atoms with Gasteiger partial charge in [-0.15, -0.1) is 0 Å². The van der Waals surface area contributed by atoms with Crippen molar-refractivity contribution in [3.8, 4) is 0 Å². The third kappa shape index (κ3) is 6.03. The topological polar surface area (TPSA) is 47.6 Å². The fraction of sp³-hybridized carbons (Fsp3) is 0.923. The van der Waals surface area contributed by atoms with Gasteiger partial charge in [0.1, 0.15) is 5.60 Å². The normalized spacial score (nSPS) is 20.0. The van der Waals surface area contributed by atoms with Gasteiger partial charge in [-0.25, -0.2) is 0 Å². The summed E-state index contributed by atoms with van der Waals surface area (Å²) in [7, 11) is 0. The smallest absolute Gasteiger partial charge is 0.320 e. The Morgan fingerprint density at radius 2 is 2.00 bits per heavy atom. The van der Waals surface area contributed by atoms with Crippen molar-refractivity contribution in [2.24, 2.45) is 5.92 Å².